The molecule has 1 aromatic carbocycles. The summed E-state index contributed by atoms with van der Waals surface area (Å²) in [5.74, 6) is -0.525. The van der Waals surface area contributed by atoms with Crippen molar-refractivity contribution in [2.24, 2.45) is 5.92 Å². The van der Waals surface area contributed by atoms with E-state index in [0.29, 0.717) is 10.2 Å². The second-order valence-electron chi connectivity index (χ2n) is 5.04. The van der Waals surface area contributed by atoms with Crippen molar-refractivity contribution in [3.8, 4) is 0 Å². The van der Waals surface area contributed by atoms with Gasteiger partial charge < -0.3 is 10.6 Å². The van der Waals surface area contributed by atoms with Crippen molar-refractivity contribution in [3.63, 3.8) is 0 Å². The molecule has 0 aliphatic carbocycles. The van der Waals surface area contributed by atoms with E-state index in [0.717, 1.165) is 10.2 Å². The molecular weight excluding hydrogens is 310 g/mol. The van der Waals surface area contributed by atoms with Crippen LogP contribution >= 0.6 is 22.9 Å². The molecule has 2 rings (SSSR count). The number of nitrogens with zero attached hydrogens (tertiary/aromatic N) is 1. The number of carbonyl (C=O) groups is 2. The van der Waals surface area contributed by atoms with E-state index in [9.17, 15) is 9.59 Å². The van der Waals surface area contributed by atoms with Gasteiger partial charge in [0.15, 0.2) is 5.13 Å². The van der Waals surface area contributed by atoms with Gasteiger partial charge in [-0.2, -0.15) is 0 Å². The van der Waals surface area contributed by atoms with E-state index in [2.05, 4.69) is 15.6 Å². The van der Waals surface area contributed by atoms with Crippen LogP contribution in [0.4, 0.5) is 5.13 Å². The lowest BCUT2D eigenvalue weighted by molar-refractivity contribution is -0.126. The average molecular weight is 326 g/mol. The van der Waals surface area contributed by atoms with E-state index in [1.165, 1.54) is 18.3 Å². The quantitative estimate of drug-likeness (QED) is 0.907. The Balaban J connectivity index is 2.17. The number of hydrogen-bond donors (Lipinski definition) is 2. The van der Waals surface area contributed by atoms with E-state index in [1.54, 1.807) is 18.2 Å². The Morgan fingerprint density at radius 3 is 2.67 bits per heavy atom. The summed E-state index contributed by atoms with van der Waals surface area (Å²) in [5, 5.41) is 6.52. The fraction of sp³-hybridized carbons (Fsp3) is 0.357. The summed E-state index contributed by atoms with van der Waals surface area (Å²) < 4.78 is 0.901. The number of aromatic nitrogens is 1. The maximum atomic E-state index is 12.2. The lowest BCUT2D eigenvalue weighted by atomic mass is 10.0. The number of nitrogens with one attached hydrogen (secondary N) is 2. The molecule has 2 aromatic rings. The first-order chi connectivity index (χ1) is 9.86. The summed E-state index contributed by atoms with van der Waals surface area (Å²) >= 11 is 7.27. The van der Waals surface area contributed by atoms with Crippen LogP contribution in [0.2, 0.25) is 5.02 Å². The molecule has 0 radical (unpaired) electrons. The normalized spacial score (nSPS) is 12.4. The molecule has 0 spiro atoms. The zero-order chi connectivity index (χ0) is 15.6. The third-order valence-corrected chi connectivity index (χ3v) is 4.06. The van der Waals surface area contributed by atoms with Crippen molar-refractivity contribution in [1.29, 1.82) is 0 Å². The van der Waals surface area contributed by atoms with E-state index in [4.69, 9.17) is 11.6 Å². The van der Waals surface area contributed by atoms with Crippen LogP contribution in [0.3, 0.4) is 0 Å². The number of carbonyl (C=O) groups excluding carboxylic acids is 2. The molecule has 0 unspecified atom stereocenters. The topological polar surface area (TPSA) is 71.1 Å². The second-order valence-corrected chi connectivity index (χ2v) is 6.51. The van der Waals surface area contributed by atoms with Gasteiger partial charge in [0, 0.05) is 11.9 Å². The molecule has 0 aliphatic heterocycles. The van der Waals surface area contributed by atoms with Crippen molar-refractivity contribution in [2.45, 2.75) is 26.8 Å². The first kappa shape index (κ1) is 15.7. The monoisotopic (exact) mass is 325 g/mol. The number of thiazole rings is 1. The Morgan fingerprint density at radius 2 is 2.05 bits per heavy atom. The third kappa shape index (κ3) is 3.92. The smallest absolute Gasteiger partial charge is 0.248 e. The van der Waals surface area contributed by atoms with Gasteiger partial charge in [-0.05, 0) is 24.1 Å². The molecule has 1 atom stereocenters. The summed E-state index contributed by atoms with van der Waals surface area (Å²) in [7, 11) is 0. The largest absolute Gasteiger partial charge is 0.344 e. The molecule has 21 heavy (non-hydrogen) atoms. The minimum atomic E-state index is -0.585. The maximum Gasteiger partial charge on any atom is 0.248 e. The molecule has 0 saturated heterocycles. The number of halogens is 1. The number of amides is 2. The van der Waals surface area contributed by atoms with Crippen LogP contribution in [-0.2, 0) is 9.59 Å². The highest BCUT2D eigenvalue weighted by atomic mass is 35.5. The van der Waals surface area contributed by atoms with Gasteiger partial charge in [-0.15, -0.1) is 0 Å². The van der Waals surface area contributed by atoms with Gasteiger partial charge >= 0.3 is 0 Å². The summed E-state index contributed by atoms with van der Waals surface area (Å²) in [6, 6.07) is 4.77. The van der Waals surface area contributed by atoms with Crippen LogP contribution in [0.5, 0.6) is 0 Å². The predicted octanol–water partition coefficient (Wildman–Crippen LogP) is 3.05. The Morgan fingerprint density at radius 1 is 1.33 bits per heavy atom. The van der Waals surface area contributed by atoms with Crippen molar-refractivity contribution in [2.75, 3.05) is 5.32 Å². The molecule has 0 saturated carbocycles. The Bertz CT molecular complexity index is 684. The second kappa shape index (κ2) is 6.41. The molecular formula is C14H16ClN3O2S. The van der Waals surface area contributed by atoms with E-state index in [1.807, 2.05) is 13.8 Å². The average Bonchev–Trinajstić information content (AvgIpc) is 2.76. The SMILES string of the molecule is CC(=O)N[C@@H](C(=O)Nc1nc2ccc(Cl)cc2s1)C(C)C. The van der Waals surface area contributed by atoms with Crippen molar-refractivity contribution < 1.29 is 9.59 Å². The molecule has 7 heteroatoms. The molecule has 0 fully saturated rings. The number of hydrogen-bond acceptors (Lipinski definition) is 4. The third-order valence-electron chi connectivity index (χ3n) is 2.89. The van der Waals surface area contributed by atoms with Gasteiger partial charge in [-0.3, -0.25) is 9.59 Å². The number of benzene rings is 1. The zero-order valence-corrected chi connectivity index (χ0v) is 13.5. The number of rotatable bonds is 4. The van der Waals surface area contributed by atoms with Crippen LogP contribution in [-0.4, -0.2) is 22.8 Å². The Kier molecular flexibility index (Phi) is 4.80. The van der Waals surface area contributed by atoms with Crippen LogP contribution in [0, 0.1) is 5.92 Å². The predicted molar refractivity (Wildman–Crippen MR) is 85.7 cm³/mol. The van der Waals surface area contributed by atoms with Crippen LogP contribution in [0.25, 0.3) is 10.2 Å². The molecule has 5 nitrogen and oxygen atoms in total. The van der Waals surface area contributed by atoms with Gasteiger partial charge in [0.1, 0.15) is 6.04 Å². The molecule has 112 valence electrons. The molecule has 0 aliphatic rings. The number of anilines is 1. The van der Waals surface area contributed by atoms with Crippen molar-refractivity contribution >= 4 is 50.1 Å². The maximum absolute atomic E-state index is 12.2. The number of fused-ring (bicyclic) bond motifs is 1. The summed E-state index contributed by atoms with van der Waals surface area (Å²) in [6.07, 6.45) is 0. The Hall–Kier alpha value is -1.66. The fourth-order valence-electron chi connectivity index (χ4n) is 1.89. The zero-order valence-electron chi connectivity index (χ0n) is 11.9. The first-order valence-corrected chi connectivity index (χ1v) is 7.70. The molecule has 2 N–H and O–H groups in total. The van der Waals surface area contributed by atoms with Gasteiger partial charge in [0.25, 0.3) is 0 Å². The standard InChI is InChI=1S/C14H16ClN3O2S/c1-7(2)12(16-8(3)19)13(20)18-14-17-10-5-4-9(15)6-11(10)21-14/h4-7,12H,1-3H3,(H,16,19)(H,17,18,20)/t12-/m1/s1. The highest BCUT2D eigenvalue weighted by Crippen LogP contribution is 2.28. The first-order valence-electron chi connectivity index (χ1n) is 6.51. The van der Waals surface area contributed by atoms with Crippen LogP contribution in [0.15, 0.2) is 18.2 Å². The van der Waals surface area contributed by atoms with Gasteiger partial charge in [0.05, 0.1) is 10.2 Å². The minimum absolute atomic E-state index is 0.0160. The molecule has 2 amide bonds. The lowest BCUT2D eigenvalue weighted by Gasteiger charge is -2.19. The van der Waals surface area contributed by atoms with E-state index < -0.39 is 6.04 Å². The van der Waals surface area contributed by atoms with Gasteiger partial charge in [-0.1, -0.05) is 36.8 Å². The Labute approximate surface area is 131 Å². The van der Waals surface area contributed by atoms with Crippen molar-refractivity contribution in [3.05, 3.63) is 23.2 Å². The van der Waals surface area contributed by atoms with E-state index in [-0.39, 0.29) is 17.7 Å². The summed E-state index contributed by atoms with van der Waals surface area (Å²) in [5.41, 5.74) is 0.778. The molecule has 1 aromatic heterocycles. The van der Waals surface area contributed by atoms with E-state index >= 15 is 0 Å². The van der Waals surface area contributed by atoms with Crippen LogP contribution < -0.4 is 10.6 Å². The fourth-order valence-corrected chi connectivity index (χ4v) is 3.03. The highest BCUT2D eigenvalue weighted by molar-refractivity contribution is 7.22. The molecule has 0 bridgehead atoms. The van der Waals surface area contributed by atoms with Crippen LogP contribution in [0.1, 0.15) is 20.8 Å². The van der Waals surface area contributed by atoms with Crippen molar-refractivity contribution in [1.82, 2.24) is 10.3 Å². The minimum Gasteiger partial charge on any atom is -0.344 e. The summed E-state index contributed by atoms with van der Waals surface area (Å²) in [6.45, 7) is 5.14. The van der Waals surface area contributed by atoms with Gasteiger partial charge in [0.2, 0.25) is 11.8 Å². The molecule has 1 heterocycles. The van der Waals surface area contributed by atoms with Gasteiger partial charge in [-0.25, -0.2) is 4.98 Å². The lowest BCUT2D eigenvalue weighted by Crippen LogP contribution is -2.46. The summed E-state index contributed by atoms with van der Waals surface area (Å²) in [4.78, 5) is 27.8. The highest BCUT2D eigenvalue weighted by Gasteiger charge is 2.23.